The zero-order valence-electron chi connectivity index (χ0n) is 5.59. The Morgan fingerprint density at radius 3 is 2.38 bits per heavy atom. The van der Waals surface area contributed by atoms with Crippen LogP contribution in [0.5, 0.6) is 0 Å². The van der Waals surface area contributed by atoms with Crippen molar-refractivity contribution in [2.45, 2.75) is 32.8 Å². The van der Waals surface area contributed by atoms with Crippen LogP contribution in [0.25, 0.3) is 0 Å². The van der Waals surface area contributed by atoms with Gasteiger partial charge in [-0.25, -0.2) is 0 Å². The summed E-state index contributed by atoms with van der Waals surface area (Å²) in [6, 6.07) is 0. The molecule has 0 bridgehead atoms. The van der Waals surface area contributed by atoms with Crippen LogP contribution in [-0.2, 0) is 0 Å². The Hall–Kier alpha value is -0.0400. The first-order chi connectivity index (χ1) is 3.75. The van der Waals surface area contributed by atoms with Gasteiger partial charge in [0, 0.05) is 0 Å². The lowest BCUT2D eigenvalue weighted by Gasteiger charge is -2.02. The van der Waals surface area contributed by atoms with Gasteiger partial charge in [-0.05, 0) is 24.7 Å². The highest BCUT2D eigenvalue weighted by Crippen LogP contribution is 2.41. The van der Waals surface area contributed by atoms with Crippen molar-refractivity contribution in [1.82, 2.24) is 0 Å². The molecule has 3 atom stereocenters. The molecule has 1 rings (SSSR count). The lowest BCUT2D eigenvalue weighted by molar-refractivity contribution is 0.142. The topological polar surface area (TPSA) is 20.2 Å². The number of rotatable bonds is 2. The highest BCUT2D eigenvalue weighted by Gasteiger charge is 2.37. The minimum atomic E-state index is -0.00926. The number of aliphatic hydroxyl groups excluding tert-OH is 1. The molecule has 0 spiro atoms. The predicted octanol–water partition coefficient (Wildman–Crippen LogP) is 1.41. The molecule has 1 N–H and O–H groups in total. The summed E-state index contributed by atoms with van der Waals surface area (Å²) in [6.45, 7) is 4.24. The van der Waals surface area contributed by atoms with Gasteiger partial charge in [-0.15, -0.1) is 0 Å². The lowest BCUT2D eigenvalue weighted by atomic mass is 10.1. The largest absolute Gasteiger partial charge is 0.393 e. The molecule has 1 nitrogen and oxygen atoms in total. The quantitative estimate of drug-likeness (QED) is 0.575. The Morgan fingerprint density at radius 1 is 1.75 bits per heavy atom. The molecule has 48 valence electrons. The molecule has 1 aliphatic rings. The second-order valence-corrected chi connectivity index (χ2v) is 2.85. The third kappa shape index (κ3) is 1.03. The molecular weight excluding hydrogens is 100 g/mol. The van der Waals surface area contributed by atoms with Gasteiger partial charge in [0.25, 0.3) is 0 Å². The van der Waals surface area contributed by atoms with Gasteiger partial charge in [-0.1, -0.05) is 13.8 Å². The molecule has 0 aliphatic heterocycles. The third-order valence-electron chi connectivity index (χ3n) is 2.08. The number of aliphatic hydroxyl groups is 1. The van der Waals surface area contributed by atoms with Gasteiger partial charge < -0.3 is 5.11 Å². The normalized spacial score (nSPS) is 39.4. The van der Waals surface area contributed by atoms with Gasteiger partial charge in [0.1, 0.15) is 0 Å². The fraction of sp³-hybridized carbons (Fsp3) is 1.00. The van der Waals surface area contributed by atoms with Crippen LogP contribution in [0.3, 0.4) is 0 Å². The van der Waals surface area contributed by atoms with Gasteiger partial charge in [0.05, 0.1) is 6.10 Å². The highest BCUT2D eigenvalue weighted by atomic mass is 16.3. The van der Waals surface area contributed by atoms with Crippen LogP contribution in [0.2, 0.25) is 0 Å². The third-order valence-corrected chi connectivity index (χ3v) is 2.08. The van der Waals surface area contributed by atoms with E-state index in [-0.39, 0.29) is 6.10 Å². The van der Waals surface area contributed by atoms with Crippen LogP contribution in [0.4, 0.5) is 0 Å². The first-order valence-electron chi connectivity index (χ1n) is 3.43. The van der Waals surface area contributed by atoms with Crippen LogP contribution in [-0.4, -0.2) is 11.2 Å². The summed E-state index contributed by atoms with van der Waals surface area (Å²) in [6.07, 6.45) is 2.16. The van der Waals surface area contributed by atoms with Crippen molar-refractivity contribution in [3.63, 3.8) is 0 Å². The smallest absolute Gasteiger partial charge is 0.0568 e. The molecule has 0 aromatic heterocycles. The van der Waals surface area contributed by atoms with Crippen molar-refractivity contribution in [3.8, 4) is 0 Å². The van der Waals surface area contributed by atoms with Crippen molar-refractivity contribution in [2.75, 3.05) is 0 Å². The van der Waals surface area contributed by atoms with E-state index in [0.717, 1.165) is 12.3 Å². The predicted molar refractivity (Wildman–Crippen MR) is 33.6 cm³/mol. The zero-order chi connectivity index (χ0) is 6.15. The lowest BCUT2D eigenvalue weighted by Crippen LogP contribution is -2.07. The summed E-state index contributed by atoms with van der Waals surface area (Å²) < 4.78 is 0. The van der Waals surface area contributed by atoms with E-state index in [1.165, 1.54) is 6.42 Å². The first kappa shape index (κ1) is 6.09. The Kier molecular flexibility index (Phi) is 1.57. The molecule has 0 radical (unpaired) electrons. The van der Waals surface area contributed by atoms with Crippen molar-refractivity contribution in [3.05, 3.63) is 0 Å². The molecule has 0 heterocycles. The van der Waals surface area contributed by atoms with Gasteiger partial charge in [-0.2, -0.15) is 0 Å². The Labute approximate surface area is 50.7 Å². The summed E-state index contributed by atoms with van der Waals surface area (Å²) in [5.41, 5.74) is 0. The Bertz CT molecular complexity index is 78.5. The van der Waals surface area contributed by atoms with E-state index < -0.39 is 0 Å². The Morgan fingerprint density at radius 2 is 2.25 bits per heavy atom. The van der Waals surface area contributed by atoms with Crippen LogP contribution in [0.1, 0.15) is 26.7 Å². The van der Waals surface area contributed by atoms with E-state index in [1.807, 2.05) is 6.92 Å². The highest BCUT2D eigenvalue weighted by molar-refractivity contribution is 4.87. The van der Waals surface area contributed by atoms with Gasteiger partial charge in [-0.3, -0.25) is 0 Å². The summed E-state index contributed by atoms with van der Waals surface area (Å²) in [4.78, 5) is 0. The molecule has 0 saturated heterocycles. The molecule has 0 amide bonds. The number of hydrogen-bond donors (Lipinski definition) is 1. The van der Waals surface area contributed by atoms with E-state index in [9.17, 15) is 0 Å². The van der Waals surface area contributed by atoms with Crippen LogP contribution >= 0.6 is 0 Å². The SMILES string of the molecule is CC[C@H](O)C1CC1C. The number of hydrogen-bond acceptors (Lipinski definition) is 1. The minimum absolute atomic E-state index is 0.00926. The summed E-state index contributed by atoms with van der Waals surface area (Å²) >= 11 is 0. The monoisotopic (exact) mass is 114 g/mol. The van der Waals surface area contributed by atoms with Gasteiger partial charge in [0.2, 0.25) is 0 Å². The average molecular weight is 114 g/mol. The zero-order valence-corrected chi connectivity index (χ0v) is 5.59. The molecular formula is C7H14O. The molecule has 0 aromatic rings. The van der Waals surface area contributed by atoms with E-state index in [1.54, 1.807) is 0 Å². The second kappa shape index (κ2) is 2.06. The molecule has 1 heteroatoms. The van der Waals surface area contributed by atoms with Gasteiger partial charge in [0.15, 0.2) is 0 Å². The van der Waals surface area contributed by atoms with E-state index >= 15 is 0 Å². The van der Waals surface area contributed by atoms with Crippen molar-refractivity contribution < 1.29 is 5.11 Å². The fourth-order valence-electron chi connectivity index (χ4n) is 1.19. The fourth-order valence-corrected chi connectivity index (χ4v) is 1.19. The Balaban J connectivity index is 2.18. The summed E-state index contributed by atoms with van der Waals surface area (Å²) in [7, 11) is 0. The van der Waals surface area contributed by atoms with E-state index in [4.69, 9.17) is 5.11 Å². The molecule has 8 heavy (non-hydrogen) atoms. The second-order valence-electron chi connectivity index (χ2n) is 2.85. The average Bonchev–Trinajstić information content (AvgIpc) is 2.45. The maximum atomic E-state index is 9.17. The van der Waals surface area contributed by atoms with Gasteiger partial charge >= 0.3 is 0 Å². The van der Waals surface area contributed by atoms with E-state index in [0.29, 0.717) is 5.92 Å². The molecule has 1 aliphatic carbocycles. The maximum absolute atomic E-state index is 9.17. The molecule has 1 saturated carbocycles. The summed E-state index contributed by atoms with van der Waals surface area (Å²) in [5.74, 6) is 1.44. The van der Waals surface area contributed by atoms with Crippen molar-refractivity contribution >= 4 is 0 Å². The van der Waals surface area contributed by atoms with Crippen LogP contribution in [0.15, 0.2) is 0 Å². The van der Waals surface area contributed by atoms with Crippen LogP contribution in [0, 0.1) is 11.8 Å². The van der Waals surface area contributed by atoms with E-state index in [2.05, 4.69) is 6.92 Å². The standard InChI is InChI=1S/C7H14O/c1-3-7(8)6-4-5(6)2/h5-8H,3-4H2,1-2H3/t5?,6?,7-/m0/s1. The summed E-state index contributed by atoms with van der Waals surface area (Å²) in [5, 5.41) is 9.17. The van der Waals surface area contributed by atoms with Crippen LogP contribution < -0.4 is 0 Å². The maximum Gasteiger partial charge on any atom is 0.0568 e. The first-order valence-corrected chi connectivity index (χ1v) is 3.43. The molecule has 2 unspecified atom stereocenters. The van der Waals surface area contributed by atoms with Crippen molar-refractivity contribution in [1.29, 1.82) is 0 Å². The van der Waals surface area contributed by atoms with Crippen molar-refractivity contribution in [2.24, 2.45) is 11.8 Å². The molecule has 1 fully saturated rings. The minimum Gasteiger partial charge on any atom is -0.393 e. The molecule has 0 aromatic carbocycles.